The summed E-state index contributed by atoms with van der Waals surface area (Å²) in [6.45, 7) is 2.59. The van der Waals surface area contributed by atoms with E-state index in [0.717, 1.165) is 11.3 Å². The fourth-order valence-corrected chi connectivity index (χ4v) is 2.97. The van der Waals surface area contributed by atoms with Crippen LogP contribution in [0.5, 0.6) is 0 Å². The molecule has 1 aromatic heterocycles. The number of benzene rings is 2. The van der Waals surface area contributed by atoms with Gasteiger partial charge in [-0.1, -0.05) is 54.1 Å². The average molecular weight is 331 g/mol. The fraction of sp³-hybridized carbons (Fsp3) is 0.238. The van der Waals surface area contributed by atoms with Crippen LogP contribution in [0.4, 0.5) is 0 Å². The summed E-state index contributed by atoms with van der Waals surface area (Å²) in [7, 11) is 0. The molecule has 1 aliphatic rings. The van der Waals surface area contributed by atoms with Crippen LogP contribution in [0.3, 0.4) is 0 Å². The van der Waals surface area contributed by atoms with Crippen LogP contribution >= 0.6 is 0 Å². The number of nitrogens with zero attached hydrogens (tertiary/aromatic N) is 1. The zero-order valence-electron chi connectivity index (χ0n) is 14.3. The molecule has 1 amide bonds. The maximum absolute atomic E-state index is 12.2. The summed E-state index contributed by atoms with van der Waals surface area (Å²) in [5.74, 6) is 0.439. The molecule has 1 heterocycles. The number of carbonyl (C=O) groups excluding carboxylic acids is 1. The van der Waals surface area contributed by atoms with Gasteiger partial charge >= 0.3 is 0 Å². The van der Waals surface area contributed by atoms with Crippen molar-refractivity contribution >= 4 is 5.91 Å². The van der Waals surface area contributed by atoms with E-state index in [2.05, 4.69) is 71.0 Å². The second-order valence-electron chi connectivity index (χ2n) is 6.73. The number of aromatic amines is 1. The third-order valence-corrected chi connectivity index (χ3v) is 4.61. The molecule has 0 saturated heterocycles. The molecule has 0 spiro atoms. The predicted molar refractivity (Wildman–Crippen MR) is 98.3 cm³/mol. The molecule has 0 bridgehead atoms. The third kappa shape index (κ3) is 3.63. The molecule has 4 rings (SSSR count). The van der Waals surface area contributed by atoms with Crippen molar-refractivity contribution in [3.8, 4) is 11.1 Å². The Morgan fingerprint density at radius 1 is 1.12 bits per heavy atom. The van der Waals surface area contributed by atoms with Crippen LogP contribution in [0.1, 0.15) is 46.1 Å². The minimum absolute atomic E-state index is 0.133. The number of hydrogen-bond donors (Lipinski definition) is 2. The van der Waals surface area contributed by atoms with Crippen LogP contribution in [0.2, 0.25) is 0 Å². The first-order chi connectivity index (χ1) is 12.2. The van der Waals surface area contributed by atoms with Gasteiger partial charge in [0.25, 0.3) is 5.91 Å². The molecule has 4 nitrogen and oxygen atoms in total. The van der Waals surface area contributed by atoms with Gasteiger partial charge in [0, 0.05) is 18.2 Å². The van der Waals surface area contributed by atoms with Crippen LogP contribution in [-0.4, -0.2) is 16.1 Å². The van der Waals surface area contributed by atoms with Gasteiger partial charge in [0.15, 0.2) is 0 Å². The number of rotatable bonds is 5. The van der Waals surface area contributed by atoms with Crippen molar-refractivity contribution < 1.29 is 4.79 Å². The van der Waals surface area contributed by atoms with E-state index in [0.29, 0.717) is 18.2 Å². The molecule has 1 fully saturated rings. The largest absolute Gasteiger partial charge is 0.347 e. The zero-order chi connectivity index (χ0) is 17.2. The summed E-state index contributed by atoms with van der Waals surface area (Å²) >= 11 is 0. The minimum Gasteiger partial charge on any atom is -0.347 e. The summed E-state index contributed by atoms with van der Waals surface area (Å²) in [5.41, 5.74) is 6.26. The number of aryl methyl sites for hydroxylation is 1. The molecule has 126 valence electrons. The minimum atomic E-state index is -0.133. The van der Waals surface area contributed by atoms with E-state index in [4.69, 9.17) is 0 Å². The van der Waals surface area contributed by atoms with E-state index >= 15 is 0 Å². The SMILES string of the molecule is Cc1cccc(-c2ccc(CNC(=O)c3cc(C4CC4)[nH]n3)cc2)c1. The molecule has 4 heteroatoms. The van der Waals surface area contributed by atoms with Crippen molar-refractivity contribution in [2.45, 2.75) is 32.2 Å². The number of amides is 1. The van der Waals surface area contributed by atoms with Crippen LogP contribution in [0.15, 0.2) is 54.6 Å². The highest BCUT2D eigenvalue weighted by atomic mass is 16.1. The van der Waals surface area contributed by atoms with E-state index in [1.165, 1.54) is 29.5 Å². The summed E-state index contributed by atoms with van der Waals surface area (Å²) < 4.78 is 0. The van der Waals surface area contributed by atoms with Gasteiger partial charge in [-0.2, -0.15) is 5.10 Å². The molecular weight excluding hydrogens is 310 g/mol. The molecule has 25 heavy (non-hydrogen) atoms. The Kier molecular flexibility index (Phi) is 4.10. The van der Waals surface area contributed by atoms with Gasteiger partial charge < -0.3 is 5.32 Å². The van der Waals surface area contributed by atoms with Gasteiger partial charge in [-0.3, -0.25) is 9.89 Å². The van der Waals surface area contributed by atoms with E-state index in [1.54, 1.807) is 0 Å². The van der Waals surface area contributed by atoms with Crippen LogP contribution in [-0.2, 0) is 6.54 Å². The molecule has 0 radical (unpaired) electrons. The van der Waals surface area contributed by atoms with Gasteiger partial charge in [0.2, 0.25) is 0 Å². The Balaban J connectivity index is 1.38. The van der Waals surface area contributed by atoms with Crippen molar-refractivity contribution in [3.05, 3.63) is 77.1 Å². The Bertz CT molecular complexity index is 892. The molecule has 2 N–H and O–H groups in total. The van der Waals surface area contributed by atoms with Crippen molar-refractivity contribution in [2.24, 2.45) is 0 Å². The number of H-pyrrole nitrogens is 1. The summed E-state index contributed by atoms with van der Waals surface area (Å²) in [4.78, 5) is 12.2. The lowest BCUT2D eigenvalue weighted by Crippen LogP contribution is -2.23. The van der Waals surface area contributed by atoms with E-state index in [1.807, 2.05) is 6.07 Å². The zero-order valence-corrected chi connectivity index (χ0v) is 14.3. The lowest BCUT2D eigenvalue weighted by atomic mass is 10.0. The molecule has 0 aliphatic heterocycles. The topological polar surface area (TPSA) is 57.8 Å². The molecule has 0 atom stereocenters. The van der Waals surface area contributed by atoms with Gasteiger partial charge in [0.1, 0.15) is 5.69 Å². The fourth-order valence-electron chi connectivity index (χ4n) is 2.97. The second kappa shape index (κ2) is 6.55. The van der Waals surface area contributed by atoms with E-state index in [-0.39, 0.29) is 5.91 Å². The summed E-state index contributed by atoms with van der Waals surface area (Å²) in [6, 6.07) is 18.6. The maximum Gasteiger partial charge on any atom is 0.272 e. The average Bonchev–Trinajstić information content (AvgIpc) is 3.37. The summed E-state index contributed by atoms with van der Waals surface area (Å²) in [6.07, 6.45) is 2.38. The molecule has 2 aromatic carbocycles. The second-order valence-corrected chi connectivity index (χ2v) is 6.73. The van der Waals surface area contributed by atoms with E-state index in [9.17, 15) is 4.79 Å². The standard InChI is InChI=1S/C21H21N3O/c1-14-3-2-4-18(11-14)16-7-5-15(6-8-16)13-22-21(25)20-12-19(23-24-20)17-9-10-17/h2-8,11-12,17H,9-10,13H2,1H3,(H,22,25)(H,23,24). The number of nitrogens with one attached hydrogen (secondary N) is 2. The Morgan fingerprint density at radius 3 is 2.64 bits per heavy atom. The Morgan fingerprint density at radius 2 is 1.92 bits per heavy atom. The molecule has 1 saturated carbocycles. The first-order valence-corrected chi connectivity index (χ1v) is 8.68. The van der Waals surface area contributed by atoms with Gasteiger partial charge in [-0.05, 0) is 42.5 Å². The quantitative estimate of drug-likeness (QED) is 0.736. The Hall–Kier alpha value is -2.88. The number of carbonyl (C=O) groups is 1. The van der Waals surface area contributed by atoms with Gasteiger partial charge in [-0.25, -0.2) is 0 Å². The highest BCUT2D eigenvalue weighted by Crippen LogP contribution is 2.38. The molecule has 1 aliphatic carbocycles. The first kappa shape index (κ1) is 15.6. The normalized spacial score (nSPS) is 13.6. The third-order valence-electron chi connectivity index (χ3n) is 4.61. The first-order valence-electron chi connectivity index (χ1n) is 8.68. The summed E-state index contributed by atoms with van der Waals surface area (Å²) in [5, 5.41) is 10.0. The smallest absolute Gasteiger partial charge is 0.272 e. The lowest BCUT2D eigenvalue weighted by molar-refractivity contribution is 0.0946. The van der Waals surface area contributed by atoms with Crippen molar-refractivity contribution in [3.63, 3.8) is 0 Å². The highest BCUT2D eigenvalue weighted by molar-refractivity contribution is 5.92. The van der Waals surface area contributed by atoms with Gasteiger partial charge in [0.05, 0.1) is 0 Å². The van der Waals surface area contributed by atoms with Crippen molar-refractivity contribution in [1.82, 2.24) is 15.5 Å². The van der Waals surface area contributed by atoms with Gasteiger partial charge in [-0.15, -0.1) is 0 Å². The maximum atomic E-state index is 12.2. The Labute approximate surface area is 147 Å². The van der Waals surface area contributed by atoms with Crippen LogP contribution in [0.25, 0.3) is 11.1 Å². The van der Waals surface area contributed by atoms with Crippen LogP contribution < -0.4 is 5.32 Å². The van der Waals surface area contributed by atoms with Crippen molar-refractivity contribution in [1.29, 1.82) is 0 Å². The van der Waals surface area contributed by atoms with Crippen LogP contribution in [0, 0.1) is 6.92 Å². The molecule has 3 aromatic rings. The predicted octanol–water partition coefficient (Wildman–Crippen LogP) is 4.19. The van der Waals surface area contributed by atoms with E-state index < -0.39 is 0 Å². The number of aromatic nitrogens is 2. The van der Waals surface area contributed by atoms with Crippen molar-refractivity contribution in [2.75, 3.05) is 0 Å². The highest BCUT2D eigenvalue weighted by Gasteiger charge is 2.26. The molecular formula is C21H21N3O. The monoisotopic (exact) mass is 331 g/mol. The lowest BCUT2D eigenvalue weighted by Gasteiger charge is -2.06. The molecule has 0 unspecified atom stereocenters. The number of hydrogen-bond acceptors (Lipinski definition) is 2.